The van der Waals surface area contributed by atoms with E-state index < -0.39 is 35.4 Å². The van der Waals surface area contributed by atoms with Crippen LogP contribution in [0.5, 0.6) is 0 Å². The Hall–Kier alpha value is -3.36. The molecule has 3 aromatic rings. The highest BCUT2D eigenvalue weighted by Crippen LogP contribution is 2.43. The summed E-state index contributed by atoms with van der Waals surface area (Å²) in [5.74, 6) is -4.02. The van der Waals surface area contributed by atoms with Crippen molar-refractivity contribution in [3.8, 4) is 0 Å². The molecule has 33 heavy (non-hydrogen) atoms. The molecule has 1 amide bonds. The first-order valence-electron chi connectivity index (χ1n) is 10.0. The number of thiazole rings is 1. The summed E-state index contributed by atoms with van der Waals surface area (Å²) in [6.45, 7) is 3.53. The maximum atomic E-state index is 13.4. The predicted molar refractivity (Wildman–Crippen MR) is 124 cm³/mol. The number of amides is 1. The van der Waals surface area contributed by atoms with Gasteiger partial charge in [-0.1, -0.05) is 52.8 Å². The first-order valence-corrected chi connectivity index (χ1v) is 11.2. The highest BCUT2D eigenvalue weighted by Gasteiger charge is 2.53. The van der Waals surface area contributed by atoms with Crippen LogP contribution in [-0.2, 0) is 14.3 Å². The molecule has 1 fully saturated rings. The Bertz CT molecular complexity index is 1270. The minimum absolute atomic E-state index is 0.156. The Morgan fingerprint density at radius 2 is 1.67 bits per heavy atom. The maximum absolute atomic E-state index is 13.4. The number of ketones is 2. The molecule has 0 radical (unpaired) electrons. The number of hydrogen-bond donors (Lipinski definition) is 0. The van der Waals surface area contributed by atoms with Crippen LogP contribution in [0.15, 0.2) is 48.5 Å². The highest BCUT2D eigenvalue weighted by atomic mass is 35.5. The number of aromatic nitrogens is 1. The van der Waals surface area contributed by atoms with E-state index >= 15 is 0 Å². The van der Waals surface area contributed by atoms with Crippen LogP contribution in [0, 0.1) is 19.8 Å². The Labute approximate surface area is 199 Å². The van der Waals surface area contributed by atoms with Crippen LogP contribution >= 0.6 is 22.9 Å². The van der Waals surface area contributed by atoms with Crippen molar-refractivity contribution in [1.29, 1.82) is 0 Å². The summed E-state index contributed by atoms with van der Waals surface area (Å²) in [6, 6.07) is 12.5. The van der Waals surface area contributed by atoms with Gasteiger partial charge in [-0.3, -0.25) is 19.3 Å². The molecule has 1 aromatic heterocycles. The molecule has 0 N–H and O–H groups in total. The molecule has 7 nitrogen and oxygen atoms in total. The molecule has 1 saturated heterocycles. The summed E-state index contributed by atoms with van der Waals surface area (Å²) in [4.78, 5) is 57.7. The number of Topliss-reactive ketones (excluding diaryl/α,β-unsaturated/α-hetero) is 2. The molecule has 0 saturated carbocycles. The molecular weight excluding hydrogens is 464 g/mol. The van der Waals surface area contributed by atoms with Crippen molar-refractivity contribution in [2.75, 3.05) is 12.0 Å². The van der Waals surface area contributed by atoms with Crippen molar-refractivity contribution in [3.05, 3.63) is 80.8 Å². The number of hydrogen-bond acceptors (Lipinski definition) is 7. The molecule has 2 aromatic carbocycles. The van der Waals surface area contributed by atoms with E-state index in [0.29, 0.717) is 16.3 Å². The van der Waals surface area contributed by atoms with Crippen molar-refractivity contribution in [2.45, 2.75) is 19.9 Å². The first kappa shape index (κ1) is 22.8. The van der Waals surface area contributed by atoms with Gasteiger partial charge in [-0.25, -0.2) is 9.78 Å². The van der Waals surface area contributed by atoms with E-state index in [1.54, 1.807) is 31.2 Å². The third-order valence-electron chi connectivity index (χ3n) is 5.50. The number of nitrogens with zero attached hydrogens (tertiary/aromatic N) is 2. The second kappa shape index (κ2) is 8.88. The number of esters is 1. The number of carbonyl (C=O) groups is 4. The monoisotopic (exact) mass is 482 g/mol. The number of benzene rings is 2. The van der Waals surface area contributed by atoms with Gasteiger partial charge >= 0.3 is 5.97 Å². The fourth-order valence-corrected chi connectivity index (χ4v) is 4.95. The maximum Gasteiger partial charge on any atom is 0.350 e. The molecule has 1 aliphatic rings. The molecule has 2 heterocycles. The van der Waals surface area contributed by atoms with Gasteiger partial charge in [-0.15, -0.1) is 0 Å². The Morgan fingerprint density at radius 1 is 1.03 bits per heavy atom. The number of ether oxygens (including phenoxy) is 1. The third-order valence-corrected chi connectivity index (χ3v) is 6.89. The van der Waals surface area contributed by atoms with Crippen molar-refractivity contribution < 1.29 is 23.9 Å². The van der Waals surface area contributed by atoms with Crippen LogP contribution in [0.25, 0.3) is 0 Å². The summed E-state index contributed by atoms with van der Waals surface area (Å²) >= 11 is 6.89. The van der Waals surface area contributed by atoms with Crippen molar-refractivity contribution >= 4 is 51.5 Å². The van der Waals surface area contributed by atoms with Crippen LogP contribution in [0.4, 0.5) is 5.13 Å². The number of aryl methyl sites for hydroxylation is 2. The largest absolute Gasteiger partial charge is 0.465 e. The molecule has 0 aliphatic carbocycles. The van der Waals surface area contributed by atoms with Gasteiger partial charge in [0.2, 0.25) is 5.78 Å². The topological polar surface area (TPSA) is 93.6 Å². The van der Waals surface area contributed by atoms with E-state index in [0.717, 1.165) is 16.9 Å². The van der Waals surface area contributed by atoms with Gasteiger partial charge in [0.1, 0.15) is 10.8 Å². The van der Waals surface area contributed by atoms with Crippen molar-refractivity contribution in [3.63, 3.8) is 0 Å². The van der Waals surface area contributed by atoms with Crippen LogP contribution < -0.4 is 4.90 Å². The van der Waals surface area contributed by atoms with Gasteiger partial charge in [0.25, 0.3) is 5.91 Å². The fraction of sp³-hybridized carbons (Fsp3) is 0.208. The normalized spacial score (nSPS) is 18.0. The van der Waals surface area contributed by atoms with Crippen molar-refractivity contribution in [2.24, 2.45) is 5.92 Å². The molecule has 9 heteroatoms. The lowest BCUT2D eigenvalue weighted by molar-refractivity contribution is -0.135. The van der Waals surface area contributed by atoms with E-state index in [1.807, 2.05) is 19.1 Å². The number of carbonyl (C=O) groups excluding carboxylic acids is 4. The van der Waals surface area contributed by atoms with E-state index in [1.165, 1.54) is 24.1 Å². The zero-order valence-corrected chi connectivity index (χ0v) is 19.6. The van der Waals surface area contributed by atoms with Crippen LogP contribution in [-0.4, -0.2) is 35.5 Å². The molecule has 2 unspecified atom stereocenters. The van der Waals surface area contributed by atoms with E-state index in [9.17, 15) is 19.2 Å². The molecule has 1 aliphatic heterocycles. The van der Waals surface area contributed by atoms with Gasteiger partial charge in [0.05, 0.1) is 18.8 Å². The average molecular weight is 483 g/mol. The number of methoxy groups -OCH3 is 1. The molecular formula is C24H19ClN2O5S. The smallest absolute Gasteiger partial charge is 0.350 e. The lowest BCUT2D eigenvalue weighted by atomic mass is 9.86. The molecule has 0 spiro atoms. The van der Waals surface area contributed by atoms with Gasteiger partial charge < -0.3 is 4.74 Å². The number of anilines is 1. The summed E-state index contributed by atoms with van der Waals surface area (Å²) in [5, 5.41) is 0.605. The number of halogens is 1. The molecule has 4 rings (SSSR count). The van der Waals surface area contributed by atoms with Gasteiger partial charge in [-0.2, -0.15) is 0 Å². The molecule has 2 atom stereocenters. The third kappa shape index (κ3) is 4.07. The second-order valence-electron chi connectivity index (χ2n) is 7.65. The van der Waals surface area contributed by atoms with Crippen LogP contribution in [0.2, 0.25) is 5.02 Å². The SMILES string of the molecule is COC(=O)c1sc(N2C(=O)C(=O)C(C(=O)c3ccc(Cl)cc3)C2c2ccc(C)cc2)nc1C. The Balaban J connectivity index is 1.85. The molecule has 0 bridgehead atoms. The van der Waals surface area contributed by atoms with E-state index in [2.05, 4.69) is 4.98 Å². The average Bonchev–Trinajstić information content (AvgIpc) is 3.31. The second-order valence-corrected chi connectivity index (χ2v) is 9.06. The summed E-state index contributed by atoms with van der Waals surface area (Å²) < 4.78 is 4.79. The highest BCUT2D eigenvalue weighted by molar-refractivity contribution is 7.17. The number of rotatable bonds is 5. The minimum Gasteiger partial charge on any atom is -0.465 e. The minimum atomic E-state index is -1.27. The van der Waals surface area contributed by atoms with Gasteiger partial charge in [-0.05, 0) is 43.7 Å². The lowest BCUT2D eigenvalue weighted by Gasteiger charge is -2.25. The lowest BCUT2D eigenvalue weighted by Crippen LogP contribution is -2.30. The Kier molecular flexibility index (Phi) is 6.14. The summed E-state index contributed by atoms with van der Waals surface area (Å²) in [5.41, 5.74) is 2.24. The fourth-order valence-electron chi connectivity index (χ4n) is 3.80. The van der Waals surface area contributed by atoms with Crippen LogP contribution in [0.1, 0.15) is 42.9 Å². The van der Waals surface area contributed by atoms with Gasteiger partial charge in [0.15, 0.2) is 10.9 Å². The zero-order chi connectivity index (χ0) is 23.9. The quantitative estimate of drug-likeness (QED) is 0.232. The van der Waals surface area contributed by atoms with Crippen LogP contribution in [0.3, 0.4) is 0 Å². The predicted octanol–water partition coefficient (Wildman–Crippen LogP) is 4.36. The Morgan fingerprint density at radius 3 is 2.27 bits per heavy atom. The standard InChI is InChI=1S/C24H19ClN2O5S/c1-12-4-6-14(7-5-12)18-17(19(28)15-8-10-16(25)11-9-15)20(29)22(30)27(18)24-26-13(2)21(33-24)23(31)32-3/h4-11,17-18H,1-3H3. The first-order chi connectivity index (χ1) is 15.7. The summed E-state index contributed by atoms with van der Waals surface area (Å²) in [7, 11) is 1.25. The van der Waals surface area contributed by atoms with E-state index in [-0.39, 0.29) is 15.6 Å². The van der Waals surface area contributed by atoms with Crippen molar-refractivity contribution in [1.82, 2.24) is 4.98 Å². The zero-order valence-electron chi connectivity index (χ0n) is 18.0. The van der Waals surface area contributed by atoms with E-state index in [4.69, 9.17) is 16.3 Å². The summed E-state index contributed by atoms with van der Waals surface area (Å²) in [6.07, 6.45) is 0. The van der Waals surface area contributed by atoms with Gasteiger partial charge in [0, 0.05) is 10.6 Å². The molecule has 168 valence electrons.